The van der Waals surface area contributed by atoms with Crippen molar-refractivity contribution in [1.29, 1.82) is 5.41 Å². The highest BCUT2D eigenvalue weighted by Gasteiger charge is 2.48. The highest BCUT2D eigenvalue weighted by atomic mass is 19.1. The van der Waals surface area contributed by atoms with Crippen LogP contribution in [0.4, 0.5) is 4.39 Å². The molecule has 0 heterocycles. The maximum absolute atomic E-state index is 14.5. The summed E-state index contributed by atoms with van der Waals surface area (Å²) in [7, 11) is 0. The lowest BCUT2D eigenvalue weighted by atomic mass is 9.64. The lowest BCUT2D eigenvalue weighted by Gasteiger charge is -2.39. The summed E-state index contributed by atoms with van der Waals surface area (Å²) in [6.45, 7) is 9.18. The average molecular weight is 424 g/mol. The fourth-order valence-corrected chi connectivity index (χ4v) is 5.20. The molecule has 0 spiro atoms. The standard InChI is InChI=1S/C27H38FN3/c1-5-21(15-17-31-19(2)14-16-29)27(18-20-8-6-7-9-24(20)25(27)30)23-12-10-22(11-13-23)26(3,4)28/h6-13,19,21,30-31H,5,14-18,29H2,1-4H3. The smallest absolute Gasteiger partial charge is 0.130 e. The Labute approximate surface area is 187 Å². The van der Waals surface area contributed by atoms with Crippen LogP contribution in [0.15, 0.2) is 48.5 Å². The number of benzene rings is 2. The maximum atomic E-state index is 14.5. The Kier molecular flexibility index (Phi) is 7.33. The van der Waals surface area contributed by atoms with Crippen LogP contribution in [0.25, 0.3) is 0 Å². The number of nitrogens with two attached hydrogens (primary N) is 1. The van der Waals surface area contributed by atoms with Gasteiger partial charge in [-0.25, -0.2) is 4.39 Å². The zero-order chi connectivity index (χ0) is 22.6. The van der Waals surface area contributed by atoms with E-state index in [9.17, 15) is 9.80 Å². The Morgan fingerprint density at radius 3 is 2.39 bits per heavy atom. The topological polar surface area (TPSA) is 61.9 Å². The second-order valence-corrected chi connectivity index (χ2v) is 9.56. The predicted octanol–water partition coefficient (Wildman–Crippen LogP) is 5.50. The molecular formula is C27H38FN3. The Hall–Kier alpha value is -2.04. The van der Waals surface area contributed by atoms with Crippen LogP contribution >= 0.6 is 0 Å². The summed E-state index contributed by atoms with van der Waals surface area (Å²) >= 11 is 0. The van der Waals surface area contributed by atoms with Gasteiger partial charge in [-0.15, -0.1) is 0 Å². The Morgan fingerprint density at radius 1 is 1.13 bits per heavy atom. The van der Waals surface area contributed by atoms with Gasteiger partial charge in [-0.2, -0.15) is 0 Å². The van der Waals surface area contributed by atoms with E-state index in [1.54, 1.807) is 13.8 Å². The summed E-state index contributed by atoms with van der Waals surface area (Å²) in [6.07, 6.45) is 3.76. The van der Waals surface area contributed by atoms with E-state index in [0.717, 1.165) is 43.4 Å². The number of rotatable bonds is 10. The van der Waals surface area contributed by atoms with E-state index in [0.29, 0.717) is 29.8 Å². The fraction of sp³-hybridized carbons (Fsp3) is 0.519. The average Bonchev–Trinajstić information content (AvgIpc) is 3.04. The van der Waals surface area contributed by atoms with Crippen LogP contribution in [0.5, 0.6) is 0 Å². The molecule has 4 N–H and O–H groups in total. The van der Waals surface area contributed by atoms with Gasteiger partial charge in [0.1, 0.15) is 5.67 Å². The van der Waals surface area contributed by atoms with Crippen molar-refractivity contribution in [2.45, 2.75) is 70.5 Å². The number of alkyl halides is 1. The van der Waals surface area contributed by atoms with E-state index in [-0.39, 0.29) is 5.41 Å². The van der Waals surface area contributed by atoms with Crippen LogP contribution in [0, 0.1) is 11.3 Å². The monoisotopic (exact) mass is 423 g/mol. The van der Waals surface area contributed by atoms with E-state index >= 15 is 0 Å². The van der Waals surface area contributed by atoms with E-state index in [4.69, 9.17) is 5.73 Å². The molecule has 0 saturated carbocycles. The van der Waals surface area contributed by atoms with Gasteiger partial charge >= 0.3 is 0 Å². The second-order valence-electron chi connectivity index (χ2n) is 9.56. The quantitative estimate of drug-likeness (QED) is 0.473. The fourth-order valence-electron chi connectivity index (χ4n) is 5.20. The molecule has 3 rings (SSSR count). The van der Waals surface area contributed by atoms with Gasteiger partial charge in [0.15, 0.2) is 0 Å². The highest BCUT2D eigenvalue weighted by Crippen LogP contribution is 2.47. The zero-order valence-electron chi connectivity index (χ0n) is 19.5. The minimum Gasteiger partial charge on any atom is -0.330 e. The first-order valence-electron chi connectivity index (χ1n) is 11.6. The normalized spacial score (nSPS) is 20.5. The SMILES string of the molecule is CCC(CCNC(C)CCN)C1(c2ccc(C(C)(C)F)cc2)Cc2ccccc2C1=N. The molecule has 3 nitrogen and oxygen atoms in total. The third-order valence-corrected chi connectivity index (χ3v) is 7.06. The first kappa shape index (κ1) is 23.6. The van der Waals surface area contributed by atoms with Crippen molar-refractivity contribution in [3.8, 4) is 0 Å². The summed E-state index contributed by atoms with van der Waals surface area (Å²) in [5, 5.41) is 12.9. The molecule has 0 saturated heterocycles. The van der Waals surface area contributed by atoms with Gasteiger partial charge in [-0.05, 0) is 81.3 Å². The van der Waals surface area contributed by atoms with E-state index in [1.165, 1.54) is 5.56 Å². The second kappa shape index (κ2) is 9.62. The van der Waals surface area contributed by atoms with Crippen molar-refractivity contribution in [1.82, 2.24) is 5.32 Å². The minimum absolute atomic E-state index is 0.314. The lowest BCUT2D eigenvalue weighted by molar-refractivity contribution is 0.221. The van der Waals surface area contributed by atoms with Crippen molar-refractivity contribution in [3.63, 3.8) is 0 Å². The molecule has 1 aliphatic carbocycles. The summed E-state index contributed by atoms with van der Waals surface area (Å²) in [5.41, 5.74) is 8.76. The van der Waals surface area contributed by atoms with Crippen molar-refractivity contribution in [2.75, 3.05) is 13.1 Å². The molecule has 0 amide bonds. The van der Waals surface area contributed by atoms with Gasteiger partial charge in [-0.1, -0.05) is 61.9 Å². The summed E-state index contributed by atoms with van der Waals surface area (Å²) in [4.78, 5) is 0. The molecule has 168 valence electrons. The van der Waals surface area contributed by atoms with Crippen LogP contribution in [0.1, 0.15) is 69.2 Å². The Balaban J connectivity index is 1.97. The molecular weight excluding hydrogens is 385 g/mol. The molecule has 0 bridgehead atoms. The highest BCUT2D eigenvalue weighted by molar-refractivity contribution is 6.10. The third-order valence-electron chi connectivity index (χ3n) is 7.06. The van der Waals surface area contributed by atoms with Crippen molar-refractivity contribution in [3.05, 3.63) is 70.8 Å². The molecule has 0 aliphatic heterocycles. The van der Waals surface area contributed by atoms with E-state index < -0.39 is 5.67 Å². The van der Waals surface area contributed by atoms with Crippen LogP contribution in [0.2, 0.25) is 0 Å². The lowest BCUT2D eigenvalue weighted by Crippen LogP contribution is -2.43. The van der Waals surface area contributed by atoms with Crippen LogP contribution in [0.3, 0.4) is 0 Å². The van der Waals surface area contributed by atoms with Crippen molar-refractivity contribution < 1.29 is 4.39 Å². The van der Waals surface area contributed by atoms with Gasteiger partial charge < -0.3 is 16.5 Å². The number of nitrogens with one attached hydrogen (secondary N) is 2. The number of halogens is 1. The largest absolute Gasteiger partial charge is 0.330 e. The maximum Gasteiger partial charge on any atom is 0.130 e. The van der Waals surface area contributed by atoms with E-state index in [1.807, 2.05) is 18.2 Å². The first-order valence-corrected chi connectivity index (χ1v) is 11.6. The molecule has 3 atom stereocenters. The van der Waals surface area contributed by atoms with Gasteiger partial charge in [0.2, 0.25) is 0 Å². The van der Waals surface area contributed by atoms with Gasteiger partial charge in [-0.3, -0.25) is 0 Å². The van der Waals surface area contributed by atoms with Gasteiger partial charge in [0.05, 0.1) is 5.71 Å². The van der Waals surface area contributed by atoms with Crippen molar-refractivity contribution >= 4 is 5.71 Å². The van der Waals surface area contributed by atoms with Gasteiger partial charge in [0, 0.05) is 11.5 Å². The first-order chi connectivity index (χ1) is 14.7. The van der Waals surface area contributed by atoms with Gasteiger partial charge in [0.25, 0.3) is 0 Å². The molecule has 0 aromatic heterocycles. The Morgan fingerprint density at radius 2 is 1.81 bits per heavy atom. The zero-order valence-corrected chi connectivity index (χ0v) is 19.5. The molecule has 2 aromatic rings. The van der Waals surface area contributed by atoms with Crippen molar-refractivity contribution in [2.24, 2.45) is 11.7 Å². The molecule has 2 aromatic carbocycles. The van der Waals surface area contributed by atoms with E-state index in [2.05, 4.69) is 49.5 Å². The molecule has 0 fully saturated rings. The van der Waals surface area contributed by atoms with Crippen LogP contribution < -0.4 is 11.1 Å². The Bertz CT molecular complexity index is 884. The number of fused-ring (bicyclic) bond motifs is 1. The number of hydrogen-bond donors (Lipinski definition) is 3. The number of hydrogen-bond acceptors (Lipinski definition) is 3. The predicted molar refractivity (Wildman–Crippen MR) is 129 cm³/mol. The molecule has 0 radical (unpaired) electrons. The molecule has 31 heavy (non-hydrogen) atoms. The third kappa shape index (κ3) is 4.75. The minimum atomic E-state index is -1.37. The van der Waals surface area contributed by atoms with Crippen LogP contribution in [-0.4, -0.2) is 24.8 Å². The summed E-state index contributed by atoms with van der Waals surface area (Å²) < 4.78 is 14.5. The molecule has 3 unspecified atom stereocenters. The molecule has 1 aliphatic rings. The molecule has 4 heteroatoms. The summed E-state index contributed by atoms with van der Waals surface area (Å²) in [5.74, 6) is 0.314. The van der Waals surface area contributed by atoms with Crippen LogP contribution in [-0.2, 0) is 17.5 Å². The summed E-state index contributed by atoms with van der Waals surface area (Å²) in [6, 6.07) is 16.6.